The van der Waals surface area contributed by atoms with Crippen molar-refractivity contribution in [2.75, 3.05) is 6.61 Å². The maximum Gasteiger partial charge on any atom is 0.408 e. The summed E-state index contributed by atoms with van der Waals surface area (Å²) in [5.41, 5.74) is 0.789. The van der Waals surface area contributed by atoms with Crippen molar-refractivity contribution >= 4 is 23.9 Å². The largest absolute Gasteiger partial charge is 0.480 e. The third-order valence-corrected chi connectivity index (χ3v) is 4.36. The lowest BCUT2D eigenvalue weighted by atomic mass is 9.96. The van der Waals surface area contributed by atoms with Gasteiger partial charge in [-0.3, -0.25) is 9.59 Å². The van der Waals surface area contributed by atoms with Crippen molar-refractivity contribution in [1.29, 1.82) is 0 Å². The molecule has 0 radical (unpaired) electrons. The van der Waals surface area contributed by atoms with Crippen molar-refractivity contribution in [2.45, 2.75) is 52.8 Å². The van der Waals surface area contributed by atoms with E-state index >= 15 is 0 Å². The molecule has 0 heterocycles. The number of alkyl carbamates (subject to hydrolysis) is 1. The van der Waals surface area contributed by atoms with Crippen molar-refractivity contribution in [2.24, 2.45) is 11.8 Å². The molecule has 1 aromatic rings. The smallest absolute Gasteiger partial charge is 0.408 e. The van der Waals surface area contributed by atoms with Crippen LogP contribution in [0, 0.1) is 11.8 Å². The number of ether oxygens (including phenoxy) is 2. The molecule has 9 heteroatoms. The number of benzene rings is 1. The first-order chi connectivity index (χ1) is 14.1. The van der Waals surface area contributed by atoms with Crippen LogP contribution in [0.5, 0.6) is 0 Å². The van der Waals surface area contributed by atoms with Crippen molar-refractivity contribution in [3.05, 3.63) is 35.9 Å². The Labute approximate surface area is 176 Å². The fraction of sp³-hybridized carbons (Fsp3) is 0.524. The van der Waals surface area contributed by atoms with Crippen LogP contribution in [0.3, 0.4) is 0 Å². The summed E-state index contributed by atoms with van der Waals surface area (Å²) >= 11 is 0. The predicted octanol–water partition coefficient (Wildman–Crippen LogP) is 2.10. The number of hydrogen-bond donors (Lipinski definition) is 3. The van der Waals surface area contributed by atoms with Crippen LogP contribution in [-0.4, -0.2) is 47.7 Å². The van der Waals surface area contributed by atoms with Crippen LogP contribution in [0.2, 0.25) is 0 Å². The van der Waals surface area contributed by atoms with Gasteiger partial charge in [0.1, 0.15) is 18.7 Å². The number of carbonyl (C=O) groups is 4. The lowest BCUT2D eigenvalue weighted by molar-refractivity contribution is -0.147. The van der Waals surface area contributed by atoms with Gasteiger partial charge in [-0.05, 0) is 24.3 Å². The van der Waals surface area contributed by atoms with Crippen molar-refractivity contribution < 1.29 is 33.8 Å². The topological polar surface area (TPSA) is 131 Å². The Morgan fingerprint density at radius 3 is 2.13 bits per heavy atom. The van der Waals surface area contributed by atoms with E-state index in [1.54, 1.807) is 32.9 Å². The Kier molecular flexibility index (Phi) is 10.4. The summed E-state index contributed by atoms with van der Waals surface area (Å²) in [7, 11) is 0. The fourth-order valence-corrected chi connectivity index (χ4v) is 2.72. The first-order valence-electron chi connectivity index (χ1n) is 9.81. The molecule has 1 aromatic carbocycles. The highest BCUT2D eigenvalue weighted by Gasteiger charge is 2.33. The molecule has 30 heavy (non-hydrogen) atoms. The van der Waals surface area contributed by atoms with E-state index in [9.17, 15) is 24.3 Å². The maximum absolute atomic E-state index is 12.7. The number of hydrogen-bond acceptors (Lipinski definition) is 6. The number of rotatable bonds is 11. The quantitative estimate of drug-likeness (QED) is 0.465. The summed E-state index contributed by atoms with van der Waals surface area (Å²) < 4.78 is 9.96. The number of carboxylic acid groups (broad SMARTS) is 1. The summed E-state index contributed by atoms with van der Waals surface area (Å²) in [6.45, 7) is 6.81. The van der Waals surface area contributed by atoms with Gasteiger partial charge in [0, 0.05) is 0 Å². The first-order valence-corrected chi connectivity index (χ1v) is 9.81. The van der Waals surface area contributed by atoms with Gasteiger partial charge in [0.15, 0.2) is 0 Å². The molecular weight excluding hydrogens is 392 g/mol. The highest BCUT2D eigenvalue weighted by Crippen LogP contribution is 2.12. The molecule has 0 fully saturated rings. The monoisotopic (exact) mass is 422 g/mol. The second kappa shape index (κ2) is 12.5. The number of nitrogens with one attached hydrogen (secondary N) is 2. The van der Waals surface area contributed by atoms with Gasteiger partial charge < -0.3 is 25.2 Å². The molecule has 0 aromatic heterocycles. The van der Waals surface area contributed by atoms with Crippen LogP contribution >= 0.6 is 0 Å². The lowest BCUT2D eigenvalue weighted by Gasteiger charge is -2.26. The lowest BCUT2D eigenvalue weighted by Crippen LogP contribution is -2.55. The minimum absolute atomic E-state index is 0.0352. The van der Waals surface area contributed by atoms with E-state index in [1.165, 1.54) is 6.92 Å². The van der Waals surface area contributed by atoms with Crippen molar-refractivity contribution in [3.8, 4) is 0 Å². The molecule has 1 rings (SSSR count). The average molecular weight is 422 g/mol. The summed E-state index contributed by atoms with van der Waals surface area (Å²) in [6, 6.07) is 6.72. The van der Waals surface area contributed by atoms with Gasteiger partial charge in [-0.15, -0.1) is 0 Å². The van der Waals surface area contributed by atoms with E-state index in [2.05, 4.69) is 10.6 Å². The second-order valence-corrected chi connectivity index (χ2v) is 7.24. The maximum atomic E-state index is 12.7. The van der Waals surface area contributed by atoms with Gasteiger partial charge >= 0.3 is 18.0 Å². The molecule has 0 unspecified atom stereocenters. The van der Waals surface area contributed by atoms with Crippen LogP contribution in [0.4, 0.5) is 4.79 Å². The van der Waals surface area contributed by atoms with E-state index in [0.29, 0.717) is 0 Å². The Bertz CT molecular complexity index is 721. The Morgan fingerprint density at radius 1 is 0.967 bits per heavy atom. The van der Waals surface area contributed by atoms with Gasteiger partial charge in [0.05, 0.1) is 13.0 Å². The van der Waals surface area contributed by atoms with Gasteiger partial charge in [0.25, 0.3) is 0 Å². The zero-order valence-corrected chi connectivity index (χ0v) is 17.7. The number of carboxylic acids is 1. The molecule has 2 amide bonds. The van der Waals surface area contributed by atoms with Gasteiger partial charge in [0.2, 0.25) is 5.91 Å². The summed E-state index contributed by atoms with van der Waals surface area (Å²) in [4.78, 5) is 48.0. The molecule has 0 saturated heterocycles. The van der Waals surface area contributed by atoms with Gasteiger partial charge in [-0.25, -0.2) is 9.59 Å². The van der Waals surface area contributed by atoms with Crippen LogP contribution < -0.4 is 10.6 Å². The van der Waals surface area contributed by atoms with E-state index < -0.39 is 41.9 Å². The molecule has 0 saturated carbocycles. The van der Waals surface area contributed by atoms with Crippen LogP contribution in [0.25, 0.3) is 0 Å². The zero-order valence-electron chi connectivity index (χ0n) is 17.7. The molecule has 166 valence electrons. The van der Waals surface area contributed by atoms with E-state index in [4.69, 9.17) is 9.47 Å². The molecule has 0 bridgehead atoms. The SMILES string of the molecule is CCOC(=O)C[C@@H](C)[C@@H](NC(=O)[C@H](NC(=O)OCc1ccccc1)C(C)C)C(=O)O. The van der Waals surface area contributed by atoms with Crippen LogP contribution in [0.1, 0.15) is 39.7 Å². The second-order valence-electron chi connectivity index (χ2n) is 7.24. The van der Waals surface area contributed by atoms with Crippen LogP contribution in [0.15, 0.2) is 30.3 Å². The Morgan fingerprint density at radius 2 is 1.60 bits per heavy atom. The van der Waals surface area contributed by atoms with Crippen molar-refractivity contribution in [3.63, 3.8) is 0 Å². The normalized spacial score (nSPS) is 13.6. The highest BCUT2D eigenvalue weighted by atomic mass is 16.5. The number of esters is 1. The third-order valence-electron chi connectivity index (χ3n) is 4.36. The minimum atomic E-state index is -1.31. The molecule has 3 atom stereocenters. The Balaban J connectivity index is 2.72. The minimum Gasteiger partial charge on any atom is -0.480 e. The third kappa shape index (κ3) is 8.50. The number of amides is 2. The molecule has 0 spiro atoms. The molecule has 0 aliphatic rings. The average Bonchev–Trinajstić information content (AvgIpc) is 2.68. The van der Waals surface area contributed by atoms with E-state index in [1.807, 2.05) is 18.2 Å². The first kappa shape index (κ1) is 24.9. The number of aliphatic carboxylic acids is 1. The summed E-state index contributed by atoms with van der Waals surface area (Å²) in [5, 5.41) is 14.3. The summed E-state index contributed by atoms with van der Waals surface area (Å²) in [5.74, 6) is -3.54. The van der Waals surface area contributed by atoms with E-state index in [-0.39, 0.29) is 25.6 Å². The standard InChI is InChI=1S/C21H30N2O7/c1-5-29-16(24)11-14(4)18(20(26)27)22-19(25)17(13(2)3)23-21(28)30-12-15-9-7-6-8-10-15/h6-10,13-14,17-18H,5,11-12H2,1-4H3,(H,22,25)(H,23,28)(H,26,27)/t14-,17-,18-/m1/s1. The fourth-order valence-electron chi connectivity index (χ4n) is 2.72. The summed E-state index contributed by atoms with van der Waals surface area (Å²) in [6.07, 6.45) is -0.955. The molecule has 0 aliphatic heterocycles. The molecular formula is C21H30N2O7. The highest BCUT2D eigenvalue weighted by molar-refractivity contribution is 5.89. The van der Waals surface area contributed by atoms with E-state index in [0.717, 1.165) is 5.56 Å². The van der Waals surface area contributed by atoms with Crippen LogP contribution in [-0.2, 0) is 30.5 Å². The molecule has 9 nitrogen and oxygen atoms in total. The molecule has 3 N–H and O–H groups in total. The number of carbonyl (C=O) groups excluding carboxylic acids is 3. The zero-order chi connectivity index (χ0) is 22.7. The molecule has 0 aliphatic carbocycles. The van der Waals surface area contributed by atoms with Gasteiger partial charge in [-0.2, -0.15) is 0 Å². The Hall–Kier alpha value is -3.10. The predicted molar refractivity (Wildman–Crippen MR) is 108 cm³/mol. The van der Waals surface area contributed by atoms with Crippen molar-refractivity contribution in [1.82, 2.24) is 10.6 Å². The van der Waals surface area contributed by atoms with Gasteiger partial charge in [-0.1, -0.05) is 51.1 Å².